The second-order valence-corrected chi connectivity index (χ2v) is 9.38. The summed E-state index contributed by atoms with van der Waals surface area (Å²) in [7, 11) is 0. The van der Waals surface area contributed by atoms with Gasteiger partial charge in [-0.25, -0.2) is 13.9 Å². The summed E-state index contributed by atoms with van der Waals surface area (Å²) in [5, 5.41) is 10.3. The number of halogens is 2. The van der Waals surface area contributed by atoms with Gasteiger partial charge < -0.3 is 15.5 Å². The highest BCUT2D eigenvalue weighted by Gasteiger charge is 2.23. The number of urea groups is 1. The Labute approximate surface area is 201 Å². The van der Waals surface area contributed by atoms with E-state index in [4.69, 9.17) is 0 Å². The van der Waals surface area contributed by atoms with E-state index in [1.165, 1.54) is 17.0 Å². The zero-order chi connectivity index (χ0) is 24.2. The SMILES string of the molecule is CCN(CC(=O)Nc1cc(C(C)(C)C)nn1-c1ccc(F)cc1)C(=O)Nc1ccccc1Br. The average molecular weight is 516 g/mol. The fourth-order valence-corrected chi connectivity index (χ4v) is 3.44. The molecule has 0 fully saturated rings. The van der Waals surface area contributed by atoms with E-state index in [1.54, 1.807) is 35.9 Å². The molecule has 2 aromatic carbocycles. The van der Waals surface area contributed by atoms with Crippen molar-refractivity contribution in [1.82, 2.24) is 14.7 Å². The van der Waals surface area contributed by atoms with Gasteiger partial charge in [0.15, 0.2) is 0 Å². The van der Waals surface area contributed by atoms with Crippen LogP contribution in [0.15, 0.2) is 59.1 Å². The zero-order valence-electron chi connectivity index (χ0n) is 19.0. The van der Waals surface area contributed by atoms with E-state index >= 15 is 0 Å². The number of likely N-dealkylation sites (N-methyl/N-ethyl adjacent to an activating group) is 1. The first kappa shape index (κ1) is 24.4. The smallest absolute Gasteiger partial charge is 0.315 e. The Bertz CT molecular complexity index is 1140. The third-order valence-electron chi connectivity index (χ3n) is 4.94. The molecule has 33 heavy (non-hydrogen) atoms. The van der Waals surface area contributed by atoms with Gasteiger partial charge in [-0.1, -0.05) is 32.9 Å². The van der Waals surface area contributed by atoms with Gasteiger partial charge in [0.2, 0.25) is 5.91 Å². The summed E-state index contributed by atoms with van der Waals surface area (Å²) in [5.41, 5.74) is 1.73. The number of rotatable bonds is 6. The molecule has 0 atom stereocenters. The number of benzene rings is 2. The van der Waals surface area contributed by atoms with Crippen molar-refractivity contribution in [3.8, 4) is 5.69 Å². The molecule has 0 saturated carbocycles. The Morgan fingerprint density at radius 3 is 2.36 bits per heavy atom. The fraction of sp³-hybridized carbons (Fsp3) is 0.292. The fourth-order valence-electron chi connectivity index (χ4n) is 3.06. The monoisotopic (exact) mass is 515 g/mol. The summed E-state index contributed by atoms with van der Waals surface area (Å²) >= 11 is 3.40. The quantitative estimate of drug-likeness (QED) is 0.450. The lowest BCUT2D eigenvalue weighted by Gasteiger charge is -2.21. The number of nitrogens with one attached hydrogen (secondary N) is 2. The van der Waals surface area contributed by atoms with Crippen molar-refractivity contribution < 1.29 is 14.0 Å². The highest BCUT2D eigenvalue weighted by atomic mass is 79.9. The maximum atomic E-state index is 13.4. The number of nitrogens with zero attached hydrogens (tertiary/aromatic N) is 3. The highest BCUT2D eigenvalue weighted by molar-refractivity contribution is 9.10. The summed E-state index contributed by atoms with van der Waals surface area (Å²) in [4.78, 5) is 27.0. The topological polar surface area (TPSA) is 79.3 Å². The molecule has 174 valence electrons. The van der Waals surface area contributed by atoms with Crippen molar-refractivity contribution in [3.63, 3.8) is 0 Å². The van der Waals surface area contributed by atoms with Gasteiger partial charge in [-0.2, -0.15) is 5.10 Å². The highest BCUT2D eigenvalue weighted by Crippen LogP contribution is 2.26. The number of aromatic nitrogens is 2. The van der Waals surface area contributed by atoms with Crippen LogP contribution in [0.5, 0.6) is 0 Å². The van der Waals surface area contributed by atoms with Crippen LogP contribution in [0.3, 0.4) is 0 Å². The molecule has 0 aliphatic rings. The second kappa shape index (κ2) is 10.2. The van der Waals surface area contributed by atoms with Crippen LogP contribution in [-0.4, -0.2) is 39.7 Å². The molecule has 0 bridgehead atoms. The van der Waals surface area contributed by atoms with E-state index in [1.807, 2.05) is 39.0 Å². The van der Waals surface area contributed by atoms with Crippen LogP contribution in [0.1, 0.15) is 33.4 Å². The van der Waals surface area contributed by atoms with Gasteiger partial charge in [-0.05, 0) is 59.3 Å². The van der Waals surface area contributed by atoms with Crippen LogP contribution in [0.2, 0.25) is 0 Å². The molecule has 0 aliphatic carbocycles. The summed E-state index contributed by atoms with van der Waals surface area (Å²) in [6, 6.07) is 14.5. The summed E-state index contributed by atoms with van der Waals surface area (Å²) in [6.45, 7) is 8.04. The molecule has 3 aromatic rings. The Hall–Kier alpha value is -3.20. The Morgan fingerprint density at radius 2 is 1.76 bits per heavy atom. The van der Waals surface area contributed by atoms with Crippen molar-refractivity contribution >= 4 is 39.4 Å². The molecule has 1 aromatic heterocycles. The van der Waals surface area contributed by atoms with Crippen LogP contribution in [0, 0.1) is 5.82 Å². The number of carbonyl (C=O) groups is 2. The molecular weight excluding hydrogens is 489 g/mol. The van der Waals surface area contributed by atoms with Crippen molar-refractivity contribution in [2.45, 2.75) is 33.1 Å². The summed E-state index contributed by atoms with van der Waals surface area (Å²) in [6.07, 6.45) is 0. The van der Waals surface area contributed by atoms with Gasteiger partial charge in [-0.15, -0.1) is 0 Å². The minimum Gasteiger partial charge on any atom is -0.315 e. The number of anilines is 2. The van der Waals surface area contributed by atoms with Crippen LogP contribution >= 0.6 is 15.9 Å². The Morgan fingerprint density at radius 1 is 1.09 bits per heavy atom. The number of para-hydroxylation sites is 1. The molecule has 0 aliphatic heterocycles. The molecule has 2 N–H and O–H groups in total. The van der Waals surface area contributed by atoms with Crippen LogP contribution < -0.4 is 10.6 Å². The Kier molecular flexibility index (Phi) is 7.53. The molecule has 0 saturated heterocycles. The normalized spacial score (nSPS) is 11.2. The molecular formula is C24H27BrFN5O2. The summed E-state index contributed by atoms with van der Waals surface area (Å²) < 4.78 is 15.7. The van der Waals surface area contributed by atoms with Crippen LogP contribution in [-0.2, 0) is 10.2 Å². The van der Waals surface area contributed by atoms with Crippen LogP contribution in [0.25, 0.3) is 5.69 Å². The predicted octanol–water partition coefficient (Wildman–Crippen LogP) is 5.56. The number of carbonyl (C=O) groups excluding carboxylic acids is 2. The van der Waals surface area contributed by atoms with Crippen molar-refractivity contribution in [3.05, 3.63) is 70.6 Å². The molecule has 1 heterocycles. The van der Waals surface area contributed by atoms with Gasteiger partial charge in [0.25, 0.3) is 0 Å². The van der Waals surface area contributed by atoms with Gasteiger partial charge in [0.1, 0.15) is 18.2 Å². The third-order valence-corrected chi connectivity index (χ3v) is 5.63. The average Bonchev–Trinajstić information content (AvgIpc) is 3.18. The minimum atomic E-state index is -0.387. The Balaban J connectivity index is 1.78. The first-order chi connectivity index (χ1) is 15.6. The van der Waals surface area contributed by atoms with E-state index in [0.29, 0.717) is 23.7 Å². The second-order valence-electron chi connectivity index (χ2n) is 8.53. The standard InChI is InChI=1S/C24H27BrFN5O2/c1-5-30(23(33)27-19-9-7-6-8-18(19)25)15-22(32)28-21-14-20(24(2,3)4)29-31(21)17-12-10-16(26)11-13-17/h6-14H,5,15H2,1-4H3,(H,27,33)(H,28,32). The maximum Gasteiger partial charge on any atom is 0.322 e. The predicted molar refractivity (Wildman–Crippen MR) is 131 cm³/mol. The first-order valence-corrected chi connectivity index (χ1v) is 11.3. The van der Waals surface area contributed by atoms with E-state index < -0.39 is 0 Å². The molecule has 0 unspecified atom stereocenters. The largest absolute Gasteiger partial charge is 0.322 e. The lowest BCUT2D eigenvalue weighted by Crippen LogP contribution is -2.40. The van der Waals surface area contributed by atoms with Crippen molar-refractivity contribution in [2.24, 2.45) is 0 Å². The van der Waals surface area contributed by atoms with E-state index in [9.17, 15) is 14.0 Å². The van der Waals surface area contributed by atoms with Crippen LogP contribution in [0.4, 0.5) is 20.7 Å². The van der Waals surface area contributed by atoms with Gasteiger partial charge in [0, 0.05) is 22.5 Å². The van der Waals surface area contributed by atoms with E-state index in [0.717, 1.165) is 10.2 Å². The summed E-state index contributed by atoms with van der Waals surface area (Å²) in [5.74, 6) is -0.288. The zero-order valence-corrected chi connectivity index (χ0v) is 20.6. The molecule has 9 heteroatoms. The van der Waals surface area contributed by atoms with E-state index in [-0.39, 0.29) is 29.7 Å². The number of amides is 3. The van der Waals surface area contributed by atoms with Gasteiger partial charge in [-0.3, -0.25) is 4.79 Å². The van der Waals surface area contributed by atoms with Crippen molar-refractivity contribution in [2.75, 3.05) is 23.7 Å². The van der Waals surface area contributed by atoms with Gasteiger partial charge in [0.05, 0.1) is 17.1 Å². The molecule has 7 nitrogen and oxygen atoms in total. The third kappa shape index (κ3) is 6.19. The number of hydrogen-bond donors (Lipinski definition) is 2. The maximum absolute atomic E-state index is 13.4. The minimum absolute atomic E-state index is 0.147. The number of hydrogen-bond acceptors (Lipinski definition) is 3. The molecule has 3 amide bonds. The molecule has 0 spiro atoms. The molecule has 3 rings (SSSR count). The first-order valence-electron chi connectivity index (χ1n) is 10.5. The van der Waals surface area contributed by atoms with Gasteiger partial charge >= 0.3 is 6.03 Å². The van der Waals surface area contributed by atoms with E-state index in [2.05, 4.69) is 31.7 Å². The lowest BCUT2D eigenvalue weighted by molar-refractivity contribution is -0.116. The molecule has 0 radical (unpaired) electrons. The van der Waals surface area contributed by atoms with Crippen molar-refractivity contribution in [1.29, 1.82) is 0 Å². The lowest BCUT2D eigenvalue weighted by atomic mass is 9.92.